The van der Waals surface area contributed by atoms with Crippen LogP contribution < -0.4 is 5.73 Å². The molecule has 1 aromatic heterocycles. The SMILES string of the molecule is CN1CCC(N(C)C(CN)c2ccc(Cl)s2)CC1. The van der Waals surface area contributed by atoms with Crippen LogP contribution in [0.15, 0.2) is 12.1 Å². The van der Waals surface area contributed by atoms with Gasteiger partial charge in [0.05, 0.1) is 10.4 Å². The molecule has 1 unspecified atom stereocenters. The monoisotopic (exact) mass is 287 g/mol. The Bertz CT molecular complexity index is 374. The minimum atomic E-state index is 0.302. The molecule has 0 aliphatic carbocycles. The molecule has 1 fully saturated rings. The molecule has 2 heterocycles. The van der Waals surface area contributed by atoms with Crippen molar-refractivity contribution in [3.8, 4) is 0 Å². The summed E-state index contributed by atoms with van der Waals surface area (Å²) >= 11 is 7.67. The lowest BCUT2D eigenvalue weighted by Crippen LogP contribution is -2.44. The minimum Gasteiger partial charge on any atom is -0.329 e. The van der Waals surface area contributed by atoms with Crippen LogP contribution in [0.25, 0.3) is 0 Å². The van der Waals surface area contributed by atoms with E-state index in [0.29, 0.717) is 18.6 Å². The maximum atomic E-state index is 6.02. The Balaban J connectivity index is 2.03. The number of halogens is 1. The van der Waals surface area contributed by atoms with Crippen LogP contribution in [-0.2, 0) is 0 Å². The minimum absolute atomic E-state index is 0.302. The molecule has 1 aliphatic rings. The van der Waals surface area contributed by atoms with Gasteiger partial charge in [0.15, 0.2) is 0 Å². The second kappa shape index (κ2) is 6.35. The van der Waals surface area contributed by atoms with Gasteiger partial charge in [-0.3, -0.25) is 4.90 Å². The van der Waals surface area contributed by atoms with Crippen molar-refractivity contribution < 1.29 is 0 Å². The van der Waals surface area contributed by atoms with Gasteiger partial charge in [-0.1, -0.05) is 11.6 Å². The van der Waals surface area contributed by atoms with Crippen LogP contribution in [0.2, 0.25) is 4.34 Å². The molecular formula is C13H22ClN3S. The zero-order valence-electron chi connectivity index (χ0n) is 11.1. The van der Waals surface area contributed by atoms with Crippen LogP contribution in [0.4, 0.5) is 0 Å². The number of piperidine rings is 1. The fraction of sp³-hybridized carbons (Fsp3) is 0.692. The second-order valence-electron chi connectivity index (χ2n) is 5.09. The van der Waals surface area contributed by atoms with Crippen LogP contribution in [-0.4, -0.2) is 49.6 Å². The van der Waals surface area contributed by atoms with Crippen molar-refractivity contribution in [1.29, 1.82) is 0 Å². The number of hydrogen-bond acceptors (Lipinski definition) is 4. The molecule has 0 radical (unpaired) electrons. The summed E-state index contributed by atoms with van der Waals surface area (Å²) in [7, 11) is 4.39. The molecule has 0 aromatic carbocycles. The number of thiophene rings is 1. The summed E-state index contributed by atoms with van der Waals surface area (Å²) in [6.45, 7) is 3.01. The quantitative estimate of drug-likeness (QED) is 0.923. The molecular weight excluding hydrogens is 266 g/mol. The zero-order chi connectivity index (χ0) is 13.1. The van der Waals surface area contributed by atoms with Crippen molar-refractivity contribution in [3.63, 3.8) is 0 Å². The summed E-state index contributed by atoms with van der Waals surface area (Å²) in [6.07, 6.45) is 2.45. The van der Waals surface area contributed by atoms with E-state index in [4.69, 9.17) is 17.3 Å². The maximum absolute atomic E-state index is 6.02. The highest BCUT2D eigenvalue weighted by molar-refractivity contribution is 7.16. The molecule has 18 heavy (non-hydrogen) atoms. The van der Waals surface area contributed by atoms with Crippen molar-refractivity contribution in [3.05, 3.63) is 21.3 Å². The smallest absolute Gasteiger partial charge is 0.0931 e. The Morgan fingerprint density at radius 3 is 2.67 bits per heavy atom. The summed E-state index contributed by atoms with van der Waals surface area (Å²) in [5, 5.41) is 0. The van der Waals surface area contributed by atoms with Crippen LogP contribution in [0, 0.1) is 0 Å². The van der Waals surface area contributed by atoms with E-state index in [1.165, 1.54) is 30.8 Å². The van der Waals surface area contributed by atoms with Gasteiger partial charge in [0.1, 0.15) is 0 Å². The Kier molecular flexibility index (Phi) is 5.04. The van der Waals surface area contributed by atoms with E-state index in [-0.39, 0.29) is 0 Å². The molecule has 1 aromatic rings. The van der Waals surface area contributed by atoms with Crippen LogP contribution in [0.1, 0.15) is 23.8 Å². The number of rotatable bonds is 4. The topological polar surface area (TPSA) is 32.5 Å². The molecule has 1 aliphatic heterocycles. The van der Waals surface area contributed by atoms with E-state index in [1.807, 2.05) is 6.07 Å². The molecule has 1 saturated heterocycles. The number of likely N-dealkylation sites (tertiary alicyclic amines) is 1. The van der Waals surface area contributed by atoms with Crippen molar-refractivity contribution >= 4 is 22.9 Å². The number of nitrogens with zero attached hydrogens (tertiary/aromatic N) is 2. The van der Waals surface area contributed by atoms with Crippen molar-refractivity contribution in [2.24, 2.45) is 5.73 Å². The predicted molar refractivity (Wildman–Crippen MR) is 79.4 cm³/mol. The maximum Gasteiger partial charge on any atom is 0.0931 e. The lowest BCUT2D eigenvalue weighted by Gasteiger charge is -2.38. The van der Waals surface area contributed by atoms with Gasteiger partial charge in [-0.05, 0) is 52.2 Å². The van der Waals surface area contributed by atoms with Crippen LogP contribution >= 0.6 is 22.9 Å². The lowest BCUT2D eigenvalue weighted by molar-refractivity contribution is 0.111. The summed E-state index contributed by atoms with van der Waals surface area (Å²) in [5.41, 5.74) is 5.96. The molecule has 2 rings (SSSR count). The van der Waals surface area contributed by atoms with E-state index in [0.717, 1.165) is 4.34 Å². The van der Waals surface area contributed by atoms with Crippen molar-refractivity contribution in [2.45, 2.75) is 24.9 Å². The number of likely N-dealkylation sites (N-methyl/N-ethyl adjacent to an activating group) is 1. The largest absolute Gasteiger partial charge is 0.329 e. The van der Waals surface area contributed by atoms with E-state index in [2.05, 4.69) is 30.0 Å². The van der Waals surface area contributed by atoms with E-state index < -0.39 is 0 Å². The van der Waals surface area contributed by atoms with E-state index in [1.54, 1.807) is 11.3 Å². The predicted octanol–water partition coefficient (Wildman–Crippen LogP) is 2.43. The Morgan fingerprint density at radius 2 is 2.17 bits per heavy atom. The van der Waals surface area contributed by atoms with Gasteiger partial charge >= 0.3 is 0 Å². The third-order valence-corrected chi connectivity index (χ3v) is 5.23. The highest BCUT2D eigenvalue weighted by Crippen LogP contribution is 2.31. The summed E-state index contributed by atoms with van der Waals surface area (Å²) in [4.78, 5) is 6.11. The molecule has 0 saturated carbocycles. The Morgan fingerprint density at radius 1 is 1.50 bits per heavy atom. The highest BCUT2D eigenvalue weighted by Gasteiger charge is 2.26. The van der Waals surface area contributed by atoms with Gasteiger partial charge in [0.25, 0.3) is 0 Å². The first kappa shape index (κ1) is 14.3. The van der Waals surface area contributed by atoms with Crippen molar-refractivity contribution in [1.82, 2.24) is 9.80 Å². The Hall–Kier alpha value is -0.130. The summed E-state index contributed by atoms with van der Waals surface area (Å²) in [6, 6.07) is 5.01. The van der Waals surface area contributed by atoms with Gasteiger partial charge in [0, 0.05) is 17.5 Å². The van der Waals surface area contributed by atoms with Gasteiger partial charge in [0.2, 0.25) is 0 Å². The normalized spacial score (nSPS) is 20.5. The van der Waals surface area contributed by atoms with Crippen LogP contribution in [0.3, 0.4) is 0 Å². The van der Waals surface area contributed by atoms with Gasteiger partial charge in [-0.2, -0.15) is 0 Å². The number of nitrogens with two attached hydrogens (primary N) is 1. The highest BCUT2D eigenvalue weighted by atomic mass is 35.5. The molecule has 3 nitrogen and oxygen atoms in total. The first-order valence-electron chi connectivity index (χ1n) is 6.47. The lowest BCUT2D eigenvalue weighted by atomic mass is 10.0. The molecule has 5 heteroatoms. The fourth-order valence-corrected chi connectivity index (χ4v) is 3.87. The van der Waals surface area contributed by atoms with Gasteiger partial charge < -0.3 is 10.6 Å². The number of hydrogen-bond donors (Lipinski definition) is 1. The first-order chi connectivity index (χ1) is 8.61. The molecule has 102 valence electrons. The van der Waals surface area contributed by atoms with Gasteiger partial charge in [-0.25, -0.2) is 0 Å². The summed E-state index contributed by atoms with van der Waals surface area (Å²) in [5.74, 6) is 0. The molecule has 2 N–H and O–H groups in total. The first-order valence-corrected chi connectivity index (χ1v) is 7.67. The van der Waals surface area contributed by atoms with Crippen LogP contribution in [0.5, 0.6) is 0 Å². The van der Waals surface area contributed by atoms with Gasteiger partial charge in [-0.15, -0.1) is 11.3 Å². The fourth-order valence-electron chi connectivity index (χ4n) is 2.65. The van der Waals surface area contributed by atoms with Crippen molar-refractivity contribution in [2.75, 3.05) is 33.7 Å². The average molecular weight is 288 g/mol. The standard InChI is InChI=1S/C13H22ClN3S/c1-16-7-5-10(6-8-16)17(2)11(9-15)12-3-4-13(14)18-12/h3-4,10-11H,5-9,15H2,1-2H3. The molecule has 0 amide bonds. The molecule has 0 spiro atoms. The summed E-state index contributed by atoms with van der Waals surface area (Å²) < 4.78 is 0.847. The second-order valence-corrected chi connectivity index (χ2v) is 6.84. The van der Waals surface area contributed by atoms with E-state index >= 15 is 0 Å². The van der Waals surface area contributed by atoms with E-state index in [9.17, 15) is 0 Å². The molecule has 0 bridgehead atoms. The molecule has 1 atom stereocenters. The average Bonchev–Trinajstić information content (AvgIpc) is 2.77. The third-order valence-electron chi connectivity index (χ3n) is 3.90. The third kappa shape index (κ3) is 3.25. The zero-order valence-corrected chi connectivity index (χ0v) is 12.7. The Labute approximate surface area is 119 Å².